The van der Waals surface area contributed by atoms with Crippen LogP contribution in [0.15, 0.2) is 0 Å². The van der Waals surface area contributed by atoms with Gasteiger partial charge in [-0.25, -0.2) is 4.79 Å². The Morgan fingerprint density at radius 3 is 2.60 bits per heavy atom. The van der Waals surface area contributed by atoms with E-state index in [0.29, 0.717) is 13.0 Å². The quantitative estimate of drug-likeness (QED) is 0.669. The summed E-state index contributed by atoms with van der Waals surface area (Å²) < 4.78 is 0. The normalized spacial score (nSPS) is 27.4. The van der Waals surface area contributed by atoms with Crippen LogP contribution < -0.4 is 10.6 Å². The number of urea groups is 1. The molecule has 2 fully saturated rings. The van der Waals surface area contributed by atoms with Gasteiger partial charge in [0.15, 0.2) is 0 Å². The third-order valence-electron chi connectivity index (χ3n) is 4.09. The van der Waals surface area contributed by atoms with Gasteiger partial charge in [-0.1, -0.05) is 0 Å². The van der Waals surface area contributed by atoms with E-state index in [9.17, 15) is 14.4 Å². The number of nitrogens with zero attached hydrogens (tertiary/aromatic N) is 1. The fraction of sp³-hybridized carbons (Fsp3) is 0.769. The predicted octanol–water partition coefficient (Wildman–Crippen LogP) is 0.160. The van der Waals surface area contributed by atoms with Crippen LogP contribution in [0.25, 0.3) is 0 Å². The van der Waals surface area contributed by atoms with Crippen LogP contribution in [0, 0.1) is 5.92 Å². The van der Waals surface area contributed by atoms with E-state index < -0.39 is 11.9 Å². The lowest BCUT2D eigenvalue weighted by molar-refractivity contribution is -0.142. The highest BCUT2D eigenvalue weighted by atomic mass is 16.4. The Labute approximate surface area is 117 Å². The number of carboxylic acid groups (broad SMARTS) is 1. The van der Waals surface area contributed by atoms with E-state index in [0.717, 1.165) is 12.8 Å². The van der Waals surface area contributed by atoms with Crippen molar-refractivity contribution in [3.63, 3.8) is 0 Å². The molecule has 0 radical (unpaired) electrons. The number of amides is 3. The Bertz CT molecular complexity index is 412. The molecule has 2 saturated heterocycles. The maximum absolute atomic E-state index is 12.1. The Morgan fingerprint density at radius 2 is 2.00 bits per heavy atom. The molecule has 0 spiro atoms. The Kier molecular flexibility index (Phi) is 4.46. The largest absolute Gasteiger partial charge is 0.481 e. The van der Waals surface area contributed by atoms with Crippen LogP contribution in [-0.2, 0) is 9.59 Å². The van der Waals surface area contributed by atoms with Crippen molar-refractivity contribution in [1.82, 2.24) is 15.5 Å². The smallest absolute Gasteiger partial charge is 0.317 e. The summed E-state index contributed by atoms with van der Waals surface area (Å²) in [5, 5.41) is 14.5. The van der Waals surface area contributed by atoms with Gasteiger partial charge in [0.05, 0.1) is 5.92 Å². The molecular weight excluding hydrogens is 262 g/mol. The molecule has 0 aromatic carbocycles. The second-order valence-electron chi connectivity index (χ2n) is 5.32. The first-order chi connectivity index (χ1) is 9.54. The van der Waals surface area contributed by atoms with Gasteiger partial charge < -0.3 is 20.6 Å². The summed E-state index contributed by atoms with van der Waals surface area (Å²) in [4.78, 5) is 36.2. The molecule has 0 aromatic heterocycles. The number of aliphatic carboxylic acids is 1. The van der Waals surface area contributed by atoms with Crippen molar-refractivity contribution >= 4 is 17.9 Å². The van der Waals surface area contributed by atoms with Gasteiger partial charge >= 0.3 is 12.0 Å². The van der Waals surface area contributed by atoms with Crippen LogP contribution in [0.5, 0.6) is 0 Å². The summed E-state index contributed by atoms with van der Waals surface area (Å²) in [6.45, 7) is 2.69. The fourth-order valence-corrected chi connectivity index (χ4v) is 3.23. The van der Waals surface area contributed by atoms with E-state index in [1.165, 1.54) is 0 Å². The first-order valence-electron chi connectivity index (χ1n) is 7.10. The van der Waals surface area contributed by atoms with E-state index in [2.05, 4.69) is 10.6 Å². The molecule has 0 aromatic rings. The summed E-state index contributed by atoms with van der Waals surface area (Å²) in [5.74, 6) is -1.36. The Morgan fingerprint density at radius 1 is 1.25 bits per heavy atom. The minimum atomic E-state index is -0.822. The molecule has 2 aliphatic rings. The van der Waals surface area contributed by atoms with Crippen LogP contribution >= 0.6 is 0 Å². The summed E-state index contributed by atoms with van der Waals surface area (Å²) in [5.41, 5.74) is 0. The molecule has 3 amide bonds. The summed E-state index contributed by atoms with van der Waals surface area (Å²) in [6, 6.07) is -0.405. The van der Waals surface area contributed by atoms with Crippen LogP contribution in [0.4, 0.5) is 4.79 Å². The van der Waals surface area contributed by atoms with Gasteiger partial charge in [-0.15, -0.1) is 0 Å². The minimum Gasteiger partial charge on any atom is -0.481 e. The number of carbonyl (C=O) groups is 3. The van der Waals surface area contributed by atoms with Crippen molar-refractivity contribution in [3.8, 4) is 0 Å². The Hall–Kier alpha value is -1.79. The molecule has 0 saturated carbocycles. The number of nitrogens with one attached hydrogen (secondary N) is 2. The topological polar surface area (TPSA) is 98.7 Å². The third-order valence-corrected chi connectivity index (χ3v) is 4.09. The van der Waals surface area contributed by atoms with Gasteiger partial charge in [0.2, 0.25) is 5.91 Å². The molecule has 2 heterocycles. The Balaban J connectivity index is 1.82. The molecule has 2 bridgehead atoms. The van der Waals surface area contributed by atoms with Crippen molar-refractivity contribution in [2.24, 2.45) is 5.92 Å². The monoisotopic (exact) mass is 283 g/mol. The zero-order valence-electron chi connectivity index (χ0n) is 11.6. The molecule has 112 valence electrons. The van der Waals surface area contributed by atoms with Gasteiger partial charge in [0, 0.05) is 31.6 Å². The molecular formula is C13H21N3O4. The lowest BCUT2D eigenvalue weighted by Crippen LogP contribution is -2.45. The first kappa shape index (κ1) is 14.6. The maximum atomic E-state index is 12.1. The number of carboxylic acids is 1. The molecule has 0 aliphatic carbocycles. The highest BCUT2D eigenvalue weighted by Gasteiger charge is 2.51. The SMILES string of the molecule is CCNC(=O)CCNC(=O)N1C2CCC1C(C(=O)O)C2. The van der Waals surface area contributed by atoms with E-state index in [4.69, 9.17) is 5.11 Å². The number of rotatable bonds is 5. The highest BCUT2D eigenvalue weighted by Crippen LogP contribution is 2.41. The summed E-state index contributed by atoms with van der Waals surface area (Å²) in [7, 11) is 0. The predicted molar refractivity (Wildman–Crippen MR) is 71.1 cm³/mol. The van der Waals surface area contributed by atoms with Gasteiger partial charge in [-0.3, -0.25) is 9.59 Å². The zero-order chi connectivity index (χ0) is 14.7. The molecule has 2 rings (SSSR count). The average Bonchev–Trinajstić information content (AvgIpc) is 2.96. The van der Waals surface area contributed by atoms with Crippen molar-refractivity contribution in [1.29, 1.82) is 0 Å². The molecule has 7 heteroatoms. The number of hydrogen-bond donors (Lipinski definition) is 3. The second-order valence-corrected chi connectivity index (χ2v) is 5.32. The van der Waals surface area contributed by atoms with Crippen molar-refractivity contribution in [3.05, 3.63) is 0 Å². The van der Waals surface area contributed by atoms with Crippen LogP contribution in [0.3, 0.4) is 0 Å². The molecule has 3 N–H and O–H groups in total. The van der Waals surface area contributed by atoms with E-state index in [1.807, 2.05) is 6.92 Å². The number of carbonyl (C=O) groups excluding carboxylic acids is 2. The fourth-order valence-electron chi connectivity index (χ4n) is 3.23. The average molecular weight is 283 g/mol. The lowest BCUT2D eigenvalue weighted by atomic mass is 9.89. The molecule has 3 unspecified atom stereocenters. The molecule has 20 heavy (non-hydrogen) atoms. The highest BCUT2D eigenvalue weighted by molar-refractivity contribution is 5.80. The second kappa shape index (κ2) is 6.11. The van der Waals surface area contributed by atoms with Gasteiger partial charge in [0.1, 0.15) is 0 Å². The maximum Gasteiger partial charge on any atom is 0.317 e. The molecule has 3 atom stereocenters. The lowest BCUT2D eigenvalue weighted by Gasteiger charge is -2.23. The summed E-state index contributed by atoms with van der Waals surface area (Å²) >= 11 is 0. The van der Waals surface area contributed by atoms with Crippen molar-refractivity contribution in [2.45, 2.75) is 44.7 Å². The summed E-state index contributed by atoms with van der Waals surface area (Å²) in [6.07, 6.45) is 2.42. The van der Waals surface area contributed by atoms with Crippen molar-refractivity contribution in [2.75, 3.05) is 13.1 Å². The standard InChI is InChI=1S/C13H21N3O4/c1-2-14-11(17)5-6-15-13(20)16-8-3-4-10(16)9(7-8)12(18)19/h8-10H,2-7H2,1H3,(H,14,17)(H,15,20)(H,18,19). The van der Waals surface area contributed by atoms with Crippen LogP contribution in [-0.4, -0.2) is 53.1 Å². The van der Waals surface area contributed by atoms with E-state index >= 15 is 0 Å². The zero-order valence-corrected chi connectivity index (χ0v) is 11.6. The van der Waals surface area contributed by atoms with Gasteiger partial charge in [-0.2, -0.15) is 0 Å². The number of hydrogen-bond acceptors (Lipinski definition) is 3. The van der Waals surface area contributed by atoms with Gasteiger partial charge in [0.25, 0.3) is 0 Å². The van der Waals surface area contributed by atoms with E-state index in [1.54, 1.807) is 4.90 Å². The van der Waals surface area contributed by atoms with Crippen LogP contribution in [0.2, 0.25) is 0 Å². The van der Waals surface area contributed by atoms with Crippen LogP contribution in [0.1, 0.15) is 32.6 Å². The molecule has 7 nitrogen and oxygen atoms in total. The third kappa shape index (κ3) is 2.86. The van der Waals surface area contributed by atoms with Gasteiger partial charge in [-0.05, 0) is 26.2 Å². The minimum absolute atomic E-state index is 0.0329. The first-order valence-corrected chi connectivity index (χ1v) is 7.10. The molecule has 2 aliphatic heterocycles. The van der Waals surface area contributed by atoms with Crippen molar-refractivity contribution < 1.29 is 19.5 Å². The van der Waals surface area contributed by atoms with E-state index in [-0.39, 0.29) is 37.0 Å². The number of fused-ring (bicyclic) bond motifs is 2.